The van der Waals surface area contributed by atoms with Gasteiger partial charge in [-0.2, -0.15) is 0 Å². The molecule has 1 saturated heterocycles. The minimum atomic E-state index is -0.275. The molecule has 98 valence electrons. The molecule has 1 aliphatic carbocycles. The Morgan fingerprint density at radius 2 is 2.28 bits per heavy atom. The molecule has 2 unspecified atom stereocenters. The van der Waals surface area contributed by atoms with E-state index >= 15 is 0 Å². The average Bonchev–Trinajstić information content (AvgIpc) is 2.60. The van der Waals surface area contributed by atoms with E-state index in [2.05, 4.69) is 25.7 Å². The number of allylic oxidation sites excluding steroid dienone is 2. The molecule has 1 heterocycles. The van der Waals surface area contributed by atoms with Crippen LogP contribution in [-0.4, -0.2) is 23.8 Å². The number of fused-ring (bicyclic) bond motifs is 1. The summed E-state index contributed by atoms with van der Waals surface area (Å²) in [4.78, 5) is 11.6. The fourth-order valence-corrected chi connectivity index (χ4v) is 2.57. The lowest BCUT2D eigenvalue weighted by Gasteiger charge is -2.17. The van der Waals surface area contributed by atoms with E-state index in [0.29, 0.717) is 5.57 Å². The molecule has 1 fully saturated rings. The number of carbonyl (C=O) groups is 1. The molecule has 0 saturated carbocycles. The van der Waals surface area contributed by atoms with Crippen molar-refractivity contribution in [3.8, 4) is 0 Å². The third-order valence-corrected chi connectivity index (χ3v) is 3.75. The van der Waals surface area contributed by atoms with Crippen LogP contribution in [-0.2, 0) is 9.53 Å². The fraction of sp³-hybridized carbons (Fsp3) is 0.533. The van der Waals surface area contributed by atoms with Gasteiger partial charge in [0.05, 0.1) is 6.61 Å². The topological polar surface area (TPSA) is 46.5 Å². The van der Waals surface area contributed by atoms with Crippen LogP contribution in [0.4, 0.5) is 0 Å². The highest BCUT2D eigenvalue weighted by Crippen LogP contribution is 2.34. The lowest BCUT2D eigenvalue weighted by Crippen LogP contribution is -2.15. The highest BCUT2D eigenvalue weighted by molar-refractivity contribution is 5.91. The van der Waals surface area contributed by atoms with Crippen LogP contribution in [0.15, 0.2) is 35.5 Å². The smallest absolute Gasteiger partial charge is 0.334 e. The second-order valence-corrected chi connectivity index (χ2v) is 5.11. The molecule has 3 nitrogen and oxygen atoms in total. The van der Waals surface area contributed by atoms with E-state index in [1.54, 1.807) is 0 Å². The maximum atomic E-state index is 11.6. The van der Waals surface area contributed by atoms with Gasteiger partial charge in [0, 0.05) is 11.5 Å². The highest BCUT2D eigenvalue weighted by Gasteiger charge is 2.37. The molecule has 2 rings (SSSR count). The molecule has 0 aromatic carbocycles. The van der Waals surface area contributed by atoms with Crippen LogP contribution in [0.3, 0.4) is 0 Å². The van der Waals surface area contributed by atoms with Crippen molar-refractivity contribution in [3.63, 3.8) is 0 Å². The molecular weight excluding hydrogens is 228 g/mol. The summed E-state index contributed by atoms with van der Waals surface area (Å²) in [5, 5.41) is 9.29. The third kappa shape index (κ3) is 2.72. The lowest BCUT2D eigenvalue weighted by atomic mass is 9.88. The maximum Gasteiger partial charge on any atom is 0.334 e. The molecule has 0 radical (unpaired) electrons. The van der Waals surface area contributed by atoms with E-state index in [1.807, 2.05) is 0 Å². The van der Waals surface area contributed by atoms with Crippen LogP contribution < -0.4 is 0 Å². The summed E-state index contributed by atoms with van der Waals surface area (Å²) in [6.45, 7) is 5.99. The third-order valence-electron chi connectivity index (χ3n) is 3.75. The summed E-state index contributed by atoms with van der Waals surface area (Å²) in [6.07, 6.45) is 7.49. The number of carbonyl (C=O) groups excluding carboxylic acids is 1. The quantitative estimate of drug-likeness (QED) is 0.440. The summed E-state index contributed by atoms with van der Waals surface area (Å²) in [7, 11) is 0. The van der Waals surface area contributed by atoms with Gasteiger partial charge in [-0.25, -0.2) is 4.79 Å². The van der Waals surface area contributed by atoms with Gasteiger partial charge < -0.3 is 9.84 Å². The highest BCUT2D eigenvalue weighted by atomic mass is 16.5. The van der Waals surface area contributed by atoms with Crippen LogP contribution in [0.1, 0.15) is 32.6 Å². The zero-order valence-electron chi connectivity index (χ0n) is 10.8. The number of hydrogen-bond acceptors (Lipinski definition) is 3. The van der Waals surface area contributed by atoms with Gasteiger partial charge in [-0.3, -0.25) is 0 Å². The molecule has 2 atom stereocenters. The van der Waals surface area contributed by atoms with Crippen molar-refractivity contribution in [2.24, 2.45) is 5.92 Å². The lowest BCUT2D eigenvalue weighted by molar-refractivity contribution is -0.137. The van der Waals surface area contributed by atoms with E-state index in [0.717, 1.165) is 31.3 Å². The molecular formula is C15H20O3. The molecule has 0 aromatic heterocycles. The van der Waals surface area contributed by atoms with Crippen LogP contribution in [0, 0.1) is 5.92 Å². The van der Waals surface area contributed by atoms with Crippen molar-refractivity contribution >= 4 is 5.97 Å². The number of rotatable bonds is 1. The zero-order valence-corrected chi connectivity index (χ0v) is 10.8. The van der Waals surface area contributed by atoms with Crippen molar-refractivity contribution in [3.05, 3.63) is 35.5 Å². The summed E-state index contributed by atoms with van der Waals surface area (Å²) >= 11 is 0. The van der Waals surface area contributed by atoms with E-state index in [-0.39, 0.29) is 24.6 Å². The Morgan fingerprint density at radius 3 is 3.00 bits per heavy atom. The largest absolute Gasteiger partial charge is 0.454 e. The molecule has 2 aliphatic rings. The average molecular weight is 248 g/mol. The standard InChI is InChI=1S/C15H20O3/c1-10-4-3-5-12(9-16)6-7-13-11(2)15(17)18-14(13)8-10/h5,8,13-14,16H,2-4,6-7,9H2,1H3. The summed E-state index contributed by atoms with van der Waals surface area (Å²) in [6, 6.07) is 0. The van der Waals surface area contributed by atoms with Crippen LogP contribution in [0.5, 0.6) is 0 Å². The molecule has 0 spiro atoms. The van der Waals surface area contributed by atoms with Gasteiger partial charge in [0.25, 0.3) is 0 Å². The fourth-order valence-electron chi connectivity index (χ4n) is 2.57. The van der Waals surface area contributed by atoms with Gasteiger partial charge in [-0.05, 0) is 44.3 Å². The molecule has 3 heteroatoms. The molecule has 0 aromatic rings. The van der Waals surface area contributed by atoms with Crippen molar-refractivity contribution in [2.75, 3.05) is 6.61 Å². The summed E-state index contributed by atoms with van der Waals surface area (Å²) in [5.41, 5.74) is 2.85. The first-order valence-corrected chi connectivity index (χ1v) is 6.47. The van der Waals surface area contributed by atoms with Crippen molar-refractivity contribution < 1.29 is 14.6 Å². The number of ether oxygens (including phenoxy) is 1. The van der Waals surface area contributed by atoms with E-state index in [1.165, 1.54) is 5.57 Å². The van der Waals surface area contributed by atoms with Gasteiger partial charge in [-0.1, -0.05) is 18.2 Å². The first-order valence-electron chi connectivity index (χ1n) is 6.47. The predicted octanol–water partition coefficient (Wildman–Crippen LogP) is 2.52. The predicted molar refractivity (Wildman–Crippen MR) is 69.9 cm³/mol. The van der Waals surface area contributed by atoms with Gasteiger partial charge in [0.2, 0.25) is 0 Å². The van der Waals surface area contributed by atoms with E-state index in [4.69, 9.17) is 4.74 Å². The molecule has 18 heavy (non-hydrogen) atoms. The van der Waals surface area contributed by atoms with Crippen LogP contribution in [0.2, 0.25) is 0 Å². The van der Waals surface area contributed by atoms with Gasteiger partial charge in [0.15, 0.2) is 0 Å². The van der Waals surface area contributed by atoms with Crippen molar-refractivity contribution in [2.45, 2.75) is 38.7 Å². The van der Waals surface area contributed by atoms with Crippen molar-refractivity contribution in [1.82, 2.24) is 0 Å². The van der Waals surface area contributed by atoms with Gasteiger partial charge in [-0.15, -0.1) is 0 Å². The van der Waals surface area contributed by atoms with Crippen LogP contribution in [0.25, 0.3) is 0 Å². The zero-order chi connectivity index (χ0) is 13.1. The molecule has 0 amide bonds. The first kappa shape index (κ1) is 13.1. The van der Waals surface area contributed by atoms with Gasteiger partial charge >= 0.3 is 5.97 Å². The maximum absolute atomic E-state index is 11.6. The monoisotopic (exact) mass is 248 g/mol. The Kier molecular flexibility index (Phi) is 4.02. The van der Waals surface area contributed by atoms with Gasteiger partial charge in [0.1, 0.15) is 6.10 Å². The number of aliphatic hydroxyl groups is 1. The van der Waals surface area contributed by atoms with Crippen molar-refractivity contribution in [1.29, 1.82) is 0 Å². The minimum Gasteiger partial charge on any atom is -0.454 e. The molecule has 1 aliphatic heterocycles. The number of hydrogen-bond donors (Lipinski definition) is 1. The van der Waals surface area contributed by atoms with E-state index in [9.17, 15) is 9.90 Å². The Hall–Kier alpha value is -1.35. The molecule has 0 bridgehead atoms. The Bertz CT molecular complexity index is 417. The second kappa shape index (κ2) is 5.53. The summed E-state index contributed by atoms with van der Waals surface area (Å²) in [5.74, 6) is -0.219. The Balaban J connectivity index is 2.22. The SMILES string of the molecule is C=C1C(=O)OC2C=C(C)CCC=C(CO)CCC12. The van der Waals surface area contributed by atoms with E-state index < -0.39 is 0 Å². The molecule has 1 N–H and O–H groups in total. The Labute approximate surface area is 108 Å². The Morgan fingerprint density at radius 1 is 1.50 bits per heavy atom. The minimum absolute atomic E-state index is 0.0560. The number of aliphatic hydroxyl groups excluding tert-OH is 1. The second-order valence-electron chi connectivity index (χ2n) is 5.11. The van der Waals surface area contributed by atoms with Crippen LogP contribution >= 0.6 is 0 Å². The first-order chi connectivity index (χ1) is 8.61. The number of esters is 1. The normalized spacial score (nSPS) is 29.2. The summed E-state index contributed by atoms with van der Waals surface area (Å²) < 4.78 is 5.35.